The highest BCUT2D eigenvalue weighted by atomic mass is 16.2. The monoisotopic (exact) mass is 264 g/mol. The Morgan fingerprint density at radius 3 is 2.79 bits per heavy atom. The molecule has 1 aliphatic heterocycles. The lowest BCUT2D eigenvalue weighted by Crippen LogP contribution is -2.36. The lowest BCUT2D eigenvalue weighted by atomic mass is 10.2. The first-order valence-corrected chi connectivity index (χ1v) is 7.18. The summed E-state index contributed by atoms with van der Waals surface area (Å²) >= 11 is 0. The Morgan fingerprint density at radius 1 is 1.47 bits per heavy atom. The topological polar surface area (TPSA) is 50.2 Å². The quantitative estimate of drug-likeness (QED) is 0.848. The lowest BCUT2D eigenvalue weighted by Gasteiger charge is -2.13. The number of hydrogen-bond acceptors (Lipinski definition) is 3. The molecule has 0 aromatic carbocycles. The number of amides is 1. The van der Waals surface area contributed by atoms with E-state index < -0.39 is 0 Å². The average molecular weight is 264 g/mol. The summed E-state index contributed by atoms with van der Waals surface area (Å²) in [5.41, 5.74) is 1.01. The largest absolute Gasteiger partial charge is 0.344 e. The molecule has 0 bridgehead atoms. The van der Waals surface area contributed by atoms with Crippen molar-refractivity contribution in [3.05, 3.63) is 18.0 Å². The van der Waals surface area contributed by atoms with Crippen LogP contribution < -0.4 is 5.32 Å². The summed E-state index contributed by atoms with van der Waals surface area (Å²) in [5, 5.41) is 7.89. The fourth-order valence-electron chi connectivity index (χ4n) is 2.58. The zero-order valence-electron chi connectivity index (χ0n) is 12.1. The van der Waals surface area contributed by atoms with E-state index in [9.17, 15) is 4.79 Å². The Balaban J connectivity index is 1.88. The zero-order chi connectivity index (χ0) is 13.8. The number of aromatic nitrogens is 2. The third kappa shape index (κ3) is 3.15. The van der Waals surface area contributed by atoms with Gasteiger partial charge in [-0.05, 0) is 25.3 Å². The predicted octanol–water partition coefficient (Wildman–Crippen LogP) is 1.56. The van der Waals surface area contributed by atoms with Crippen molar-refractivity contribution >= 4 is 5.91 Å². The first-order valence-electron chi connectivity index (χ1n) is 7.18. The fraction of sp³-hybridized carbons (Fsp3) is 0.714. The van der Waals surface area contributed by atoms with Crippen LogP contribution in [0, 0.1) is 0 Å². The van der Waals surface area contributed by atoms with Gasteiger partial charge in [0.05, 0.1) is 17.8 Å². The number of nitrogens with zero attached hydrogens (tertiary/aromatic N) is 3. The van der Waals surface area contributed by atoms with Crippen LogP contribution in [0.3, 0.4) is 0 Å². The van der Waals surface area contributed by atoms with E-state index in [-0.39, 0.29) is 11.9 Å². The van der Waals surface area contributed by atoms with Crippen LogP contribution in [0.25, 0.3) is 0 Å². The highest BCUT2D eigenvalue weighted by Gasteiger charge is 2.28. The molecule has 0 aliphatic carbocycles. The molecule has 1 fully saturated rings. The second kappa shape index (κ2) is 6.19. The Morgan fingerprint density at radius 2 is 2.21 bits per heavy atom. The van der Waals surface area contributed by atoms with E-state index in [4.69, 9.17) is 0 Å². The predicted molar refractivity (Wildman–Crippen MR) is 74.7 cm³/mol. The van der Waals surface area contributed by atoms with E-state index in [0.29, 0.717) is 12.6 Å². The molecule has 1 aliphatic rings. The zero-order valence-corrected chi connectivity index (χ0v) is 12.1. The van der Waals surface area contributed by atoms with Crippen molar-refractivity contribution in [1.82, 2.24) is 20.0 Å². The second-order valence-electron chi connectivity index (χ2n) is 5.24. The van der Waals surface area contributed by atoms with Crippen LogP contribution in [0.1, 0.15) is 44.8 Å². The Bertz CT molecular complexity index is 425. The molecule has 2 heterocycles. The molecule has 0 saturated carbocycles. The SMILES string of the molecule is CCC(CC)n1ccc(CNC2CCN(C)C2=O)n1. The first-order chi connectivity index (χ1) is 9.15. The summed E-state index contributed by atoms with van der Waals surface area (Å²) in [7, 11) is 1.85. The van der Waals surface area contributed by atoms with Gasteiger partial charge in [0.1, 0.15) is 0 Å². The average Bonchev–Trinajstić information content (AvgIpc) is 2.99. The fourth-order valence-corrected chi connectivity index (χ4v) is 2.58. The molecule has 0 radical (unpaired) electrons. The molecular weight excluding hydrogens is 240 g/mol. The van der Waals surface area contributed by atoms with Gasteiger partial charge >= 0.3 is 0 Å². The second-order valence-corrected chi connectivity index (χ2v) is 5.24. The van der Waals surface area contributed by atoms with E-state index in [1.54, 1.807) is 4.90 Å². The van der Waals surface area contributed by atoms with Crippen LogP contribution in [-0.2, 0) is 11.3 Å². The summed E-state index contributed by atoms with van der Waals surface area (Å²) in [6.07, 6.45) is 5.12. The van der Waals surface area contributed by atoms with Crippen LogP contribution in [0.15, 0.2) is 12.3 Å². The number of rotatable bonds is 6. The first kappa shape index (κ1) is 14.1. The normalized spacial score (nSPS) is 19.7. The van der Waals surface area contributed by atoms with Gasteiger partial charge in [0.25, 0.3) is 0 Å². The molecule has 1 N–H and O–H groups in total. The summed E-state index contributed by atoms with van der Waals surface area (Å²) in [6.45, 7) is 5.87. The van der Waals surface area contributed by atoms with Gasteiger partial charge in [-0.3, -0.25) is 9.48 Å². The van der Waals surface area contributed by atoms with E-state index in [1.165, 1.54) is 0 Å². The molecule has 1 amide bonds. The molecular formula is C14H24N4O. The summed E-state index contributed by atoms with van der Waals surface area (Å²) in [4.78, 5) is 13.5. The molecule has 1 aromatic rings. The molecule has 1 aromatic heterocycles. The van der Waals surface area contributed by atoms with Crippen molar-refractivity contribution in [3.8, 4) is 0 Å². The standard InChI is InChI=1S/C14H24N4O/c1-4-12(5-2)18-9-6-11(16-18)10-15-13-7-8-17(3)14(13)19/h6,9,12-13,15H,4-5,7-8,10H2,1-3H3. The van der Waals surface area contributed by atoms with Gasteiger partial charge in [-0.1, -0.05) is 13.8 Å². The maximum atomic E-state index is 11.8. The van der Waals surface area contributed by atoms with Gasteiger partial charge < -0.3 is 10.2 Å². The third-order valence-electron chi connectivity index (χ3n) is 3.94. The minimum atomic E-state index is -0.0386. The van der Waals surface area contributed by atoms with Gasteiger partial charge in [-0.25, -0.2) is 0 Å². The van der Waals surface area contributed by atoms with Crippen LogP contribution in [0.2, 0.25) is 0 Å². The van der Waals surface area contributed by atoms with E-state index in [1.807, 2.05) is 24.0 Å². The van der Waals surface area contributed by atoms with Gasteiger partial charge in [0.2, 0.25) is 5.91 Å². The lowest BCUT2D eigenvalue weighted by molar-refractivity contribution is -0.128. The third-order valence-corrected chi connectivity index (χ3v) is 3.94. The van der Waals surface area contributed by atoms with Crippen molar-refractivity contribution in [2.24, 2.45) is 0 Å². The number of carbonyl (C=O) groups is 1. The Kier molecular flexibility index (Phi) is 4.58. The summed E-state index contributed by atoms with van der Waals surface area (Å²) < 4.78 is 2.04. The van der Waals surface area contributed by atoms with Gasteiger partial charge in [0.15, 0.2) is 0 Å². The molecule has 0 spiro atoms. The minimum absolute atomic E-state index is 0.0386. The Labute approximate surface area is 115 Å². The highest BCUT2D eigenvalue weighted by Crippen LogP contribution is 2.15. The number of nitrogens with one attached hydrogen (secondary N) is 1. The molecule has 106 valence electrons. The number of likely N-dealkylation sites (tertiary alicyclic amines) is 1. The van der Waals surface area contributed by atoms with Gasteiger partial charge in [-0.15, -0.1) is 0 Å². The van der Waals surface area contributed by atoms with Gasteiger partial charge in [-0.2, -0.15) is 5.10 Å². The van der Waals surface area contributed by atoms with Crippen molar-refractivity contribution in [2.75, 3.05) is 13.6 Å². The van der Waals surface area contributed by atoms with Crippen molar-refractivity contribution in [1.29, 1.82) is 0 Å². The molecule has 1 unspecified atom stereocenters. The molecule has 5 nitrogen and oxygen atoms in total. The van der Waals surface area contributed by atoms with Gasteiger partial charge in [0, 0.05) is 26.3 Å². The van der Waals surface area contributed by atoms with E-state index in [0.717, 1.165) is 31.5 Å². The smallest absolute Gasteiger partial charge is 0.239 e. The van der Waals surface area contributed by atoms with E-state index in [2.05, 4.69) is 24.3 Å². The minimum Gasteiger partial charge on any atom is -0.344 e. The van der Waals surface area contributed by atoms with Crippen LogP contribution in [0.5, 0.6) is 0 Å². The number of hydrogen-bond donors (Lipinski definition) is 1. The Hall–Kier alpha value is -1.36. The van der Waals surface area contributed by atoms with E-state index >= 15 is 0 Å². The molecule has 1 saturated heterocycles. The molecule has 5 heteroatoms. The van der Waals surface area contributed by atoms with Crippen LogP contribution in [0.4, 0.5) is 0 Å². The van der Waals surface area contributed by atoms with Crippen molar-refractivity contribution < 1.29 is 4.79 Å². The maximum Gasteiger partial charge on any atom is 0.239 e. The van der Waals surface area contributed by atoms with Crippen molar-refractivity contribution in [3.63, 3.8) is 0 Å². The number of likely N-dealkylation sites (N-methyl/N-ethyl adjacent to an activating group) is 1. The maximum absolute atomic E-state index is 11.8. The summed E-state index contributed by atoms with van der Waals surface area (Å²) in [5.74, 6) is 0.194. The summed E-state index contributed by atoms with van der Waals surface area (Å²) in [6, 6.07) is 2.48. The molecule has 19 heavy (non-hydrogen) atoms. The van der Waals surface area contributed by atoms with Crippen LogP contribution >= 0.6 is 0 Å². The van der Waals surface area contributed by atoms with Crippen molar-refractivity contribution in [2.45, 2.75) is 51.7 Å². The molecule has 2 rings (SSSR count). The number of carbonyl (C=O) groups excluding carboxylic acids is 1. The molecule has 1 atom stereocenters. The highest BCUT2D eigenvalue weighted by molar-refractivity contribution is 5.83. The van der Waals surface area contributed by atoms with Crippen LogP contribution in [-0.4, -0.2) is 40.2 Å².